The quantitative estimate of drug-likeness (QED) is 0.297. The van der Waals surface area contributed by atoms with Crippen LogP contribution in [0.5, 0.6) is 0 Å². The molecule has 0 aliphatic heterocycles. The van der Waals surface area contributed by atoms with Gasteiger partial charge in [0.25, 0.3) is 0 Å². The van der Waals surface area contributed by atoms with E-state index >= 15 is 0 Å². The van der Waals surface area contributed by atoms with Crippen LogP contribution in [0.3, 0.4) is 0 Å². The molecule has 0 spiro atoms. The van der Waals surface area contributed by atoms with Crippen LogP contribution in [-0.2, 0) is 12.4 Å². The lowest BCUT2D eigenvalue weighted by Crippen LogP contribution is -2.35. The molecule has 13 heteroatoms. The SMILES string of the molecule is Cc1nc(-c2cccc(NC(=O)N[C@@H](c3ccc(C(F)(F)F)cc3)c3ncccc3C(F)(F)F)c2)no1. The number of anilines is 1. The van der Waals surface area contributed by atoms with Crippen molar-refractivity contribution in [3.63, 3.8) is 0 Å². The van der Waals surface area contributed by atoms with E-state index in [-0.39, 0.29) is 17.1 Å². The molecule has 0 aliphatic rings. The number of alkyl halides is 6. The Labute approximate surface area is 205 Å². The number of aromatic nitrogens is 3. The lowest BCUT2D eigenvalue weighted by atomic mass is 9.98. The molecule has 37 heavy (non-hydrogen) atoms. The number of urea groups is 1. The summed E-state index contributed by atoms with van der Waals surface area (Å²) in [6, 6.07) is 9.08. The van der Waals surface area contributed by atoms with E-state index in [0.29, 0.717) is 23.6 Å². The van der Waals surface area contributed by atoms with Gasteiger partial charge in [0.05, 0.1) is 22.9 Å². The minimum Gasteiger partial charge on any atom is -0.339 e. The number of hydrogen-bond acceptors (Lipinski definition) is 5. The Morgan fingerprint density at radius 3 is 2.30 bits per heavy atom. The fourth-order valence-electron chi connectivity index (χ4n) is 3.51. The fourth-order valence-corrected chi connectivity index (χ4v) is 3.51. The third-order valence-corrected chi connectivity index (χ3v) is 5.17. The van der Waals surface area contributed by atoms with Crippen molar-refractivity contribution in [1.82, 2.24) is 20.4 Å². The molecule has 2 amide bonds. The highest BCUT2D eigenvalue weighted by Crippen LogP contribution is 2.36. The van der Waals surface area contributed by atoms with Gasteiger partial charge >= 0.3 is 18.4 Å². The summed E-state index contributed by atoms with van der Waals surface area (Å²) in [7, 11) is 0. The first-order valence-corrected chi connectivity index (χ1v) is 10.6. The van der Waals surface area contributed by atoms with Gasteiger partial charge in [-0.15, -0.1) is 0 Å². The average molecular weight is 521 g/mol. The summed E-state index contributed by atoms with van der Waals surface area (Å²) in [6.07, 6.45) is -8.39. The zero-order valence-corrected chi connectivity index (χ0v) is 18.9. The van der Waals surface area contributed by atoms with Crippen LogP contribution in [0.4, 0.5) is 36.8 Å². The Balaban J connectivity index is 1.65. The molecule has 7 nitrogen and oxygen atoms in total. The Bertz CT molecular complexity index is 1400. The first kappa shape index (κ1) is 25.7. The number of aryl methyl sites for hydroxylation is 1. The van der Waals surface area contributed by atoms with Gasteiger partial charge in [0.1, 0.15) is 0 Å². The maximum Gasteiger partial charge on any atom is 0.418 e. The van der Waals surface area contributed by atoms with E-state index in [1.807, 2.05) is 0 Å². The van der Waals surface area contributed by atoms with Gasteiger partial charge in [0.15, 0.2) is 0 Å². The number of nitrogens with zero attached hydrogens (tertiary/aromatic N) is 3. The minimum atomic E-state index is -4.83. The summed E-state index contributed by atoms with van der Waals surface area (Å²) in [5, 5.41) is 8.67. The molecule has 0 saturated heterocycles. The van der Waals surface area contributed by atoms with E-state index < -0.39 is 41.2 Å². The topological polar surface area (TPSA) is 92.9 Å². The Kier molecular flexibility index (Phi) is 6.88. The summed E-state index contributed by atoms with van der Waals surface area (Å²) in [6.45, 7) is 1.60. The number of amides is 2. The largest absolute Gasteiger partial charge is 0.418 e. The van der Waals surface area contributed by atoms with Crippen LogP contribution in [-0.4, -0.2) is 21.2 Å². The van der Waals surface area contributed by atoms with Crippen LogP contribution in [0.25, 0.3) is 11.4 Å². The zero-order valence-electron chi connectivity index (χ0n) is 18.9. The monoisotopic (exact) mass is 521 g/mol. The predicted octanol–water partition coefficient (Wildman–Crippen LogP) is 6.39. The maximum absolute atomic E-state index is 13.7. The van der Waals surface area contributed by atoms with Crippen LogP contribution in [0.15, 0.2) is 71.4 Å². The molecule has 2 N–H and O–H groups in total. The van der Waals surface area contributed by atoms with Crippen LogP contribution in [0.1, 0.15) is 34.3 Å². The van der Waals surface area contributed by atoms with E-state index in [9.17, 15) is 31.1 Å². The number of rotatable bonds is 5. The van der Waals surface area contributed by atoms with Gasteiger partial charge in [0, 0.05) is 24.4 Å². The molecule has 0 unspecified atom stereocenters. The first-order valence-electron chi connectivity index (χ1n) is 10.6. The number of nitrogens with one attached hydrogen (secondary N) is 2. The van der Waals surface area contributed by atoms with Crippen LogP contribution in [0, 0.1) is 6.92 Å². The van der Waals surface area contributed by atoms with Crippen molar-refractivity contribution in [3.8, 4) is 11.4 Å². The number of carbonyl (C=O) groups excluding carboxylic acids is 1. The highest BCUT2D eigenvalue weighted by Gasteiger charge is 2.37. The highest BCUT2D eigenvalue weighted by molar-refractivity contribution is 5.90. The predicted molar refractivity (Wildman–Crippen MR) is 119 cm³/mol. The van der Waals surface area contributed by atoms with E-state index in [4.69, 9.17) is 4.52 Å². The summed E-state index contributed by atoms with van der Waals surface area (Å²) in [5.74, 6) is 0.578. The standard InChI is InChI=1S/C24H17F6N5O2/c1-13-32-21(35-37-13)15-4-2-5-17(12-15)33-22(36)34-19(14-7-9-16(10-8-14)23(25,26)27)20-18(24(28,29)30)6-3-11-31-20/h2-12,19H,1H3,(H2,33,34,36)/t19-/m0/s1. The third kappa shape index (κ3) is 6.05. The molecule has 0 radical (unpaired) electrons. The second kappa shape index (κ2) is 9.91. The number of carbonyl (C=O) groups is 1. The van der Waals surface area contributed by atoms with Crippen molar-refractivity contribution >= 4 is 11.7 Å². The van der Waals surface area contributed by atoms with E-state index in [0.717, 1.165) is 30.5 Å². The molecule has 2 aromatic carbocycles. The smallest absolute Gasteiger partial charge is 0.339 e. The summed E-state index contributed by atoms with van der Waals surface area (Å²) in [4.78, 5) is 20.7. The lowest BCUT2D eigenvalue weighted by molar-refractivity contribution is -0.139. The molecule has 4 rings (SSSR count). The van der Waals surface area contributed by atoms with Crippen molar-refractivity contribution in [1.29, 1.82) is 0 Å². The summed E-state index contributed by atoms with van der Waals surface area (Å²) in [5.41, 5.74) is -2.01. The lowest BCUT2D eigenvalue weighted by Gasteiger charge is -2.23. The van der Waals surface area contributed by atoms with E-state index in [2.05, 4.69) is 25.8 Å². The molecule has 0 aliphatic carbocycles. The van der Waals surface area contributed by atoms with Crippen LogP contribution < -0.4 is 10.6 Å². The Hall–Kier alpha value is -4.42. The summed E-state index contributed by atoms with van der Waals surface area (Å²) < 4.78 is 85.1. The second-order valence-electron chi connectivity index (χ2n) is 7.80. The normalized spacial score (nSPS) is 12.7. The first-order chi connectivity index (χ1) is 17.4. The van der Waals surface area contributed by atoms with Crippen molar-refractivity contribution in [2.24, 2.45) is 0 Å². The Morgan fingerprint density at radius 1 is 0.946 bits per heavy atom. The molecule has 0 saturated carbocycles. The zero-order chi connectivity index (χ0) is 26.8. The van der Waals surface area contributed by atoms with Crippen molar-refractivity contribution in [2.45, 2.75) is 25.3 Å². The summed E-state index contributed by atoms with van der Waals surface area (Å²) >= 11 is 0. The van der Waals surface area contributed by atoms with Crippen LogP contribution in [0.2, 0.25) is 0 Å². The van der Waals surface area contributed by atoms with E-state index in [1.165, 1.54) is 12.1 Å². The molecule has 2 heterocycles. The minimum absolute atomic E-state index is 0.0385. The second-order valence-corrected chi connectivity index (χ2v) is 7.80. The molecule has 0 fully saturated rings. The van der Waals surface area contributed by atoms with E-state index in [1.54, 1.807) is 19.1 Å². The van der Waals surface area contributed by atoms with Crippen molar-refractivity contribution in [2.75, 3.05) is 5.32 Å². The molecular formula is C24H17F6N5O2. The molecule has 4 aromatic rings. The third-order valence-electron chi connectivity index (χ3n) is 5.17. The van der Waals surface area contributed by atoms with Gasteiger partial charge in [-0.3, -0.25) is 4.98 Å². The molecular weight excluding hydrogens is 504 g/mol. The molecule has 0 bridgehead atoms. The maximum atomic E-state index is 13.7. The van der Waals surface area contributed by atoms with Gasteiger partial charge in [-0.1, -0.05) is 29.4 Å². The number of benzene rings is 2. The highest BCUT2D eigenvalue weighted by atomic mass is 19.4. The molecule has 192 valence electrons. The van der Waals surface area contributed by atoms with Gasteiger partial charge in [-0.25, -0.2) is 4.79 Å². The number of pyridine rings is 1. The number of halogens is 6. The van der Waals surface area contributed by atoms with Gasteiger partial charge in [0.2, 0.25) is 11.7 Å². The van der Waals surface area contributed by atoms with Crippen molar-refractivity contribution < 1.29 is 35.7 Å². The van der Waals surface area contributed by atoms with Crippen molar-refractivity contribution in [3.05, 3.63) is 95.1 Å². The molecule has 1 atom stereocenters. The van der Waals surface area contributed by atoms with Crippen LogP contribution >= 0.6 is 0 Å². The average Bonchev–Trinajstić information content (AvgIpc) is 3.28. The fraction of sp³-hybridized carbons (Fsp3) is 0.167. The van der Waals surface area contributed by atoms with Gasteiger partial charge in [-0.2, -0.15) is 31.3 Å². The Morgan fingerprint density at radius 2 is 1.68 bits per heavy atom. The van der Waals surface area contributed by atoms with Gasteiger partial charge < -0.3 is 15.2 Å². The molecule has 2 aromatic heterocycles. The van der Waals surface area contributed by atoms with Gasteiger partial charge in [-0.05, 0) is 42.0 Å². The number of hydrogen-bond donors (Lipinski definition) is 2.